The van der Waals surface area contributed by atoms with Gasteiger partial charge in [0.15, 0.2) is 18.7 Å². The van der Waals surface area contributed by atoms with Crippen LogP contribution in [0.5, 0.6) is 0 Å². The van der Waals surface area contributed by atoms with Gasteiger partial charge in [0, 0.05) is 12.8 Å². The van der Waals surface area contributed by atoms with E-state index in [0.717, 1.165) is 57.8 Å². The van der Waals surface area contributed by atoms with Crippen LogP contribution < -0.4 is 0 Å². The van der Waals surface area contributed by atoms with E-state index >= 15 is 0 Å². The maximum absolute atomic E-state index is 13.0. The van der Waals surface area contributed by atoms with Crippen molar-refractivity contribution in [1.82, 2.24) is 0 Å². The summed E-state index contributed by atoms with van der Waals surface area (Å²) in [5.74, 6) is -0.926. The van der Waals surface area contributed by atoms with E-state index in [4.69, 9.17) is 28.4 Å². The van der Waals surface area contributed by atoms with Gasteiger partial charge < -0.3 is 64.2 Å². The van der Waals surface area contributed by atoms with Crippen molar-refractivity contribution in [2.24, 2.45) is 0 Å². The normalized spacial score (nSPS) is 26.6. The first-order chi connectivity index (χ1) is 31.0. The molecule has 0 spiro atoms. The Morgan fingerprint density at radius 2 is 0.891 bits per heavy atom. The van der Waals surface area contributed by atoms with Gasteiger partial charge in [0.1, 0.15) is 55.4 Å². The molecule has 15 heteroatoms. The quantitative estimate of drug-likeness (QED) is 0.0196. The monoisotopic (exact) mass is 919 g/mol. The van der Waals surface area contributed by atoms with Gasteiger partial charge >= 0.3 is 11.9 Å². The second kappa shape index (κ2) is 37.2. The predicted octanol–water partition coefficient (Wildman–Crippen LogP) is 6.60. The van der Waals surface area contributed by atoms with Crippen molar-refractivity contribution >= 4 is 11.9 Å². The molecule has 2 aliphatic heterocycles. The molecular weight excluding hydrogens is 829 g/mol. The Balaban J connectivity index is 1.82. The number of esters is 2. The van der Waals surface area contributed by atoms with Crippen molar-refractivity contribution in [2.75, 3.05) is 26.4 Å². The summed E-state index contributed by atoms with van der Waals surface area (Å²) < 4.78 is 33.5. The molecule has 2 fully saturated rings. The van der Waals surface area contributed by atoms with E-state index in [1.807, 2.05) is 0 Å². The minimum Gasteiger partial charge on any atom is -0.462 e. The smallest absolute Gasteiger partial charge is 0.306 e. The molecule has 0 saturated carbocycles. The third-order valence-corrected chi connectivity index (χ3v) is 12.2. The van der Waals surface area contributed by atoms with Gasteiger partial charge in [0.05, 0.1) is 19.8 Å². The maximum atomic E-state index is 13.0. The average molecular weight is 919 g/mol. The summed E-state index contributed by atoms with van der Waals surface area (Å²) in [7, 11) is 0. The molecule has 64 heavy (non-hydrogen) atoms. The molecule has 0 amide bonds. The molecule has 2 aliphatic rings. The highest BCUT2D eigenvalue weighted by molar-refractivity contribution is 5.70. The standard InChI is InChI=1S/C49H90O15/c1-3-5-7-9-11-13-15-17-18-20-22-24-26-28-30-32-41(52)62-37(34-59-40(51)31-29-27-25-23-21-19-16-14-12-10-8-6-4-2)35-60-48-47(58)45(56)43(54)39(64-48)36-61-49-46(57)44(55)42(53)38(33-50)63-49/h17-18,37-39,42-50,53-58H,3-16,19-36H2,1-2H3. The van der Waals surface area contributed by atoms with Crippen LogP contribution in [-0.2, 0) is 38.0 Å². The molecule has 0 bridgehead atoms. The summed E-state index contributed by atoms with van der Waals surface area (Å²) >= 11 is 0. The van der Waals surface area contributed by atoms with Gasteiger partial charge in [-0.2, -0.15) is 0 Å². The van der Waals surface area contributed by atoms with Crippen LogP contribution in [0.1, 0.15) is 194 Å². The van der Waals surface area contributed by atoms with Crippen LogP contribution >= 0.6 is 0 Å². The molecule has 0 aromatic heterocycles. The Morgan fingerprint density at radius 1 is 0.484 bits per heavy atom. The van der Waals surface area contributed by atoms with Gasteiger partial charge in [-0.1, -0.05) is 154 Å². The van der Waals surface area contributed by atoms with Crippen LogP contribution in [0.25, 0.3) is 0 Å². The van der Waals surface area contributed by atoms with E-state index in [1.165, 1.54) is 96.3 Å². The average Bonchev–Trinajstić information content (AvgIpc) is 3.29. The molecule has 11 unspecified atom stereocenters. The molecule has 0 radical (unpaired) electrons. The second-order valence-electron chi connectivity index (χ2n) is 18.0. The van der Waals surface area contributed by atoms with Crippen LogP contribution in [0.2, 0.25) is 0 Å². The van der Waals surface area contributed by atoms with Crippen molar-refractivity contribution in [2.45, 2.75) is 261 Å². The number of carbonyl (C=O) groups excluding carboxylic acids is 2. The highest BCUT2D eigenvalue weighted by Crippen LogP contribution is 2.26. The fraction of sp³-hybridized carbons (Fsp3) is 0.918. The molecule has 11 atom stereocenters. The predicted molar refractivity (Wildman–Crippen MR) is 243 cm³/mol. The van der Waals surface area contributed by atoms with E-state index in [-0.39, 0.29) is 26.1 Å². The van der Waals surface area contributed by atoms with Gasteiger partial charge in [-0.15, -0.1) is 0 Å². The molecule has 2 heterocycles. The van der Waals surface area contributed by atoms with Crippen molar-refractivity contribution in [1.29, 1.82) is 0 Å². The van der Waals surface area contributed by atoms with Gasteiger partial charge in [0.25, 0.3) is 0 Å². The summed E-state index contributed by atoms with van der Waals surface area (Å²) in [5.41, 5.74) is 0. The summed E-state index contributed by atoms with van der Waals surface area (Å²) in [4.78, 5) is 25.7. The number of rotatable bonds is 39. The van der Waals surface area contributed by atoms with E-state index in [2.05, 4.69) is 26.0 Å². The first kappa shape index (κ1) is 58.4. The van der Waals surface area contributed by atoms with E-state index in [9.17, 15) is 45.3 Å². The Labute approximate surface area is 384 Å². The van der Waals surface area contributed by atoms with Gasteiger partial charge in [-0.3, -0.25) is 9.59 Å². The fourth-order valence-electron chi connectivity index (χ4n) is 8.04. The number of carbonyl (C=O) groups is 2. The SMILES string of the molecule is CCCCCCCCC=CCCCCCCCC(=O)OC(COC(=O)CCCCCCCCCCCCCCC)COC1OC(COC2OC(CO)C(O)C(O)C2O)C(O)C(O)C1O. The number of allylic oxidation sites excluding steroid dienone is 2. The van der Waals surface area contributed by atoms with Gasteiger partial charge in [0.2, 0.25) is 0 Å². The Kier molecular flexibility index (Phi) is 34.0. The van der Waals surface area contributed by atoms with Crippen LogP contribution in [0.4, 0.5) is 0 Å². The van der Waals surface area contributed by atoms with Crippen molar-refractivity contribution in [3.8, 4) is 0 Å². The number of ether oxygens (including phenoxy) is 6. The fourth-order valence-corrected chi connectivity index (χ4v) is 8.04. The van der Waals surface area contributed by atoms with Crippen LogP contribution in [0.3, 0.4) is 0 Å². The third kappa shape index (κ3) is 25.4. The van der Waals surface area contributed by atoms with Crippen LogP contribution in [0.15, 0.2) is 12.2 Å². The summed E-state index contributed by atoms with van der Waals surface area (Å²) in [6, 6.07) is 0. The Morgan fingerprint density at radius 3 is 1.38 bits per heavy atom. The lowest BCUT2D eigenvalue weighted by molar-refractivity contribution is -0.332. The minimum atomic E-state index is -1.76. The number of aliphatic hydroxyl groups is 7. The molecule has 0 aliphatic carbocycles. The lowest BCUT2D eigenvalue weighted by Gasteiger charge is -2.42. The van der Waals surface area contributed by atoms with Gasteiger partial charge in [-0.25, -0.2) is 0 Å². The molecular formula is C49H90O15. The number of unbranched alkanes of at least 4 members (excludes halogenated alkanes) is 23. The maximum Gasteiger partial charge on any atom is 0.306 e. The molecule has 7 N–H and O–H groups in total. The molecule has 0 aromatic carbocycles. The number of aliphatic hydroxyl groups excluding tert-OH is 7. The van der Waals surface area contributed by atoms with Crippen LogP contribution in [0, 0.1) is 0 Å². The first-order valence-electron chi connectivity index (χ1n) is 25.3. The van der Waals surface area contributed by atoms with E-state index in [0.29, 0.717) is 12.8 Å². The largest absolute Gasteiger partial charge is 0.462 e. The zero-order chi connectivity index (χ0) is 46.8. The first-order valence-corrected chi connectivity index (χ1v) is 25.3. The zero-order valence-corrected chi connectivity index (χ0v) is 39.5. The lowest BCUT2D eigenvalue weighted by atomic mass is 9.98. The highest BCUT2D eigenvalue weighted by atomic mass is 16.7. The third-order valence-electron chi connectivity index (χ3n) is 12.2. The highest BCUT2D eigenvalue weighted by Gasteiger charge is 2.47. The molecule has 376 valence electrons. The molecule has 15 nitrogen and oxygen atoms in total. The van der Waals surface area contributed by atoms with Crippen LogP contribution in [-0.4, -0.2) is 142 Å². The minimum absolute atomic E-state index is 0.159. The number of hydrogen-bond donors (Lipinski definition) is 7. The summed E-state index contributed by atoms with van der Waals surface area (Å²) in [5, 5.41) is 72.0. The Hall–Kier alpha value is -1.76. The molecule has 2 saturated heterocycles. The van der Waals surface area contributed by atoms with E-state index in [1.54, 1.807) is 0 Å². The van der Waals surface area contributed by atoms with Crippen molar-refractivity contribution < 1.29 is 73.8 Å². The topological polar surface area (TPSA) is 231 Å². The van der Waals surface area contributed by atoms with Crippen molar-refractivity contribution in [3.05, 3.63) is 12.2 Å². The zero-order valence-electron chi connectivity index (χ0n) is 39.5. The number of hydrogen-bond acceptors (Lipinski definition) is 15. The summed E-state index contributed by atoms with van der Waals surface area (Å²) in [6.07, 6.45) is 18.1. The van der Waals surface area contributed by atoms with Crippen molar-refractivity contribution in [3.63, 3.8) is 0 Å². The molecule has 0 aromatic rings. The summed E-state index contributed by atoms with van der Waals surface area (Å²) in [6.45, 7) is 2.58. The van der Waals surface area contributed by atoms with Gasteiger partial charge in [-0.05, 0) is 38.5 Å². The Bertz CT molecular complexity index is 1170. The second-order valence-corrected chi connectivity index (χ2v) is 18.0. The van der Waals surface area contributed by atoms with E-state index < -0.39 is 92.7 Å². The lowest BCUT2D eigenvalue weighted by Crippen LogP contribution is -2.61. The molecule has 2 rings (SSSR count).